The van der Waals surface area contributed by atoms with Crippen molar-refractivity contribution >= 4 is 24.0 Å². The van der Waals surface area contributed by atoms with Crippen LogP contribution < -0.4 is 0 Å². The van der Waals surface area contributed by atoms with E-state index >= 15 is 0 Å². The second kappa shape index (κ2) is 6.01. The Kier molecular flexibility index (Phi) is 4.13. The summed E-state index contributed by atoms with van der Waals surface area (Å²) in [5.41, 5.74) is -0.199. The van der Waals surface area contributed by atoms with E-state index in [1.54, 1.807) is 0 Å². The number of carboxylic acids is 2. The van der Waals surface area contributed by atoms with E-state index in [2.05, 4.69) is 0 Å². The topological polar surface area (TPSA) is 109 Å². The zero-order valence-corrected chi connectivity index (χ0v) is 11.1. The van der Waals surface area contributed by atoms with Crippen LogP contribution in [0.3, 0.4) is 0 Å². The highest BCUT2D eigenvalue weighted by molar-refractivity contribution is 6.14. The molecule has 0 atom stereocenters. The van der Waals surface area contributed by atoms with Crippen LogP contribution in [0.5, 0.6) is 0 Å². The van der Waals surface area contributed by atoms with Crippen molar-refractivity contribution in [2.75, 3.05) is 0 Å². The van der Waals surface area contributed by atoms with Gasteiger partial charge in [0.05, 0.1) is 11.1 Å². The maximum Gasteiger partial charge on any atom is 0.335 e. The zero-order valence-electron chi connectivity index (χ0n) is 11.1. The van der Waals surface area contributed by atoms with Gasteiger partial charge in [0, 0.05) is 16.7 Å². The van der Waals surface area contributed by atoms with Crippen molar-refractivity contribution in [1.29, 1.82) is 0 Å². The van der Waals surface area contributed by atoms with Crippen LogP contribution in [0.15, 0.2) is 42.5 Å². The molecule has 110 valence electrons. The van der Waals surface area contributed by atoms with Crippen LogP contribution in [-0.4, -0.2) is 34.2 Å². The molecular formula is C16H10O6. The standard InChI is InChI=1S/C16H10O6/c17-8-12-5-4-11(16(21)22)7-13(12)14(18)9-2-1-3-10(6-9)15(19)20/h1-8H,(H,19,20)(H,21,22). The highest BCUT2D eigenvalue weighted by Gasteiger charge is 2.17. The molecular weight excluding hydrogens is 288 g/mol. The minimum atomic E-state index is -1.23. The second-order valence-corrected chi connectivity index (χ2v) is 4.44. The summed E-state index contributed by atoms with van der Waals surface area (Å²) in [5.74, 6) is -3.04. The lowest BCUT2D eigenvalue weighted by Gasteiger charge is -2.06. The SMILES string of the molecule is O=Cc1ccc(C(=O)O)cc1C(=O)c1cccc(C(=O)O)c1. The number of hydrogen-bond acceptors (Lipinski definition) is 4. The van der Waals surface area contributed by atoms with Crippen LogP contribution in [0.1, 0.15) is 47.0 Å². The Morgan fingerprint density at radius 1 is 0.818 bits per heavy atom. The number of hydrogen-bond donors (Lipinski definition) is 2. The molecule has 0 amide bonds. The highest BCUT2D eigenvalue weighted by Crippen LogP contribution is 2.17. The number of carbonyl (C=O) groups is 4. The summed E-state index contributed by atoms with van der Waals surface area (Å²) in [6.07, 6.45) is 0.444. The number of carboxylic acid groups (broad SMARTS) is 2. The summed E-state index contributed by atoms with van der Waals surface area (Å²) in [6.45, 7) is 0. The molecule has 2 rings (SSSR count). The van der Waals surface area contributed by atoms with Gasteiger partial charge in [0.15, 0.2) is 12.1 Å². The van der Waals surface area contributed by atoms with Gasteiger partial charge in [-0.05, 0) is 24.3 Å². The first-order chi connectivity index (χ1) is 10.4. The van der Waals surface area contributed by atoms with Crippen molar-refractivity contribution in [3.8, 4) is 0 Å². The van der Waals surface area contributed by atoms with Crippen molar-refractivity contribution in [3.63, 3.8) is 0 Å². The number of carbonyl (C=O) groups excluding carboxylic acids is 2. The molecule has 0 bridgehead atoms. The third-order valence-electron chi connectivity index (χ3n) is 3.04. The first-order valence-corrected chi connectivity index (χ1v) is 6.14. The summed E-state index contributed by atoms with van der Waals surface area (Å²) < 4.78 is 0. The predicted octanol–water partition coefficient (Wildman–Crippen LogP) is 2.13. The summed E-state index contributed by atoms with van der Waals surface area (Å²) >= 11 is 0. The Hall–Kier alpha value is -3.28. The van der Waals surface area contributed by atoms with Gasteiger partial charge >= 0.3 is 11.9 Å². The minimum absolute atomic E-state index is 0.0377. The summed E-state index contributed by atoms with van der Waals surface area (Å²) in [5, 5.41) is 17.9. The quantitative estimate of drug-likeness (QED) is 0.646. The smallest absolute Gasteiger partial charge is 0.335 e. The molecule has 0 aromatic heterocycles. The van der Waals surface area contributed by atoms with Crippen molar-refractivity contribution in [3.05, 3.63) is 70.3 Å². The molecule has 0 aliphatic rings. The Balaban J connectivity index is 2.55. The molecule has 0 radical (unpaired) electrons. The third-order valence-corrected chi connectivity index (χ3v) is 3.04. The van der Waals surface area contributed by atoms with Crippen molar-refractivity contribution in [2.24, 2.45) is 0 Å². The Morgan fingerprint density at radius 2 is 1.41 bits per heavy atom. The van der Waals surface area contributed by atoms with Gasteiger partial charge in [0.1, 0.15) is 0 Å². The molecule has 0 saturated heterocycles. The molecule has 2 aromatic rings. The van der Waals surface area contributed by atoms with Crippen molar-refractivity contribution in [2.45, 2.75) is 0 Å². The second-order valence-electron chi connectivity index (χ2n) is 4.44. The van der Waals surface area contributed by atoms with Gasteiger partial charge < -0.3 is 10.2 Å². The monoisotopic (exact) mass is 298 g/mol. The maximum atomic E-state index is 12.4. The fourth-order valence-corrected chi connectivity index (χ4v) is 1.94. The lowest BCUT2D eigenvalue weighted by Crippen LogP contribution is -2.09. The fourth-order valence-electron chi connectivity index (χ4n) is 1.94. The molecule has 0 aliphatic heterocycles. The van der Waals surface area contributed by atoms with E-state index in [-0.39, 0.29) is 27.8 Å². The van der Waals surface area contributed by atoms with Gasteiger partial charge in [-0.1, -0.05) is 18.2 Å². The van der Waals surface area contributed by atoms with Crippen LogP contribution in [-0.2, 0) is 0 Å². The van der Waals surface area contributed by atoms with Crippen LogP contribution in [0.25, 0.3) is 0 Å². The average molecular weight is 298 g/mol. The van der Waals surface area contributed by atoms with E-state index in [9.17, 15) is 19.2 Å². The lowest BCUT2D eigenvalue weighted by atomic mass is 9.96. The summed E-state index contributed by atoms with van der Waals surface area (Å²) in [6, 6.07) is 8.86. The van der Waals surface area contributed by atoms with E-state index in [1.807, 2.05) is 0 Å². The zero-order chi connectivity index (χ0) is 16.3. The van der Waals surface area contributed by atoms with E-state index in [0.29, 0.717) is 6.29 Å². The number of aldehydes is 1. The summed E-state index contributed by atoms with van der Waals surface area (Å²) in [4.78, 5) is 45.4. The molecule has 2 aromatic carbocycles. The molecule has 0 heterocycles. The fraction of sp³-hybridized carbons (Fsp3) is 0. The van der Waals surface area contributed by atoms with Crippen LogP contribution >= 0.6 is 0 Å². The van der Waals surface area contributed by atoms with Crippen LogP contribution in [0.4, 0.5) is 0 Å². The first-order valence-electron chi connectivity index (χ1n) is 6.14. The maximum absolute atomic E-state index is 12.4. The molecule has 0 unspecified atom stereocenters. The van der Waals surface area contributed by atoms with E-state index in [1.165, 1.54) is 36.4 Å². The number of aromatic carboxylic acids is 2. The predicted molar refractivity (Wildman–Crippen MR) is 75.6 cm³/mol. The Bertz CT molecular complexity index is 791. The van der Waals surface area contributed by atoms with E-state index in [0.717, 1.165) is 6.07 Å². The Morgan fingerprint density at radius 3 is 2.00 bits per heavy atom. The van der Waals surface area contributed by atoms with Crippen LogP contribution in [0, 0.1) is 0 Å². The molecule has 0 spiro atoms. The summed E-state index contributed by atoms with van der Waals surface area (Å²) in [7, 11) is 0. The van der Waals surface area contributed by atoms with Gasteiger partial charge in [-0.15, -0.1) is 0 Å². The van der Waals surface area contributed by atoms with Crippen LogP contribution in [0.2, 0.25) is 0 Å². The van der Waals surface area contributed by atoms with E-state index in [4.69, 9.17) is 10.2 Å². The molecule has 22 heavy (non-hydrogen) atoms. The normalized spacial score (nSPS) is 10.0. The third kappa shape index (κ3) is 2.90. The molecule has 0 aliphatic carbocycles. The molecule has 0 saturated carbocycles. The van der Waals surface area contributed by atoms with Gasteiger partial charge in [0.25, 0.3) is 0 Å². The highest BCUT2D eigenvalue weighted by atomic mass is 16.4. The number of benzene rings is 2. The average Bonchev–Trinajstić information content (AvgIpc) is 2.53. The largest absolute Gasteiger partial charge is 0.478 e. The Labute approximate surface area is 124 Å². The lowest BCUT2D eigenvalue weighted by molar-refractivity contribution is 0.0686. The minimum Gasteiger partial charge on any atom is -0.478 e. The van der Waals surface area contributed by atoms with Gasteiger partial charge in [-0.2, -0.15) is 0 Å². The first kappa shape index (κ1) is 15.1. The van der Waals surface area contributed by atoms with E-state index < -0.39 is 17.7 Å². The van der Waals surface area contributed by atoms with Crippen molar-refractivity contribution in [1.82, 2.24) is 0 Å². The van der Waals surface area contributed by atoms with Gasteiger partial charge in [-0.3, -0.25) is 9.59 Å². The molecule has 6 heteroatoms. The molecule has 6 nitrogen and oxygen atoms in total. The molecule has 2 N–H and O–H groups in total. The number of rotatable bonds is 5. The van der Waals surface area contributed by atoms with Gasteiger partial charge in [0.2, 0.25) is 0 Å². The molecule has 0 fully saturated rings. The van der Waals surface area contributed by atoms with Crippen molar-refractivity contribution < 1.29 is 29.4 Å². The number of ketones is 1. The van der Waals surface area contributed by atoms with Gasteiger partial charge in [-0.25, -0.2) is 9.59 Å².